The number of carbonyl (C=O) groups is 1. The molecule has 0 aliphatic rings. The normalized spacial score (nSPS) is 10.1. The Morgan fingerprint density at radius 2 is 2.43 bits per heavy atom. The molecule has 2 N–H and O–H groups in total. The topological polar surface area (TPSA) is 58.6 Å². The number of aliphatic hydroxyl groups excluding tert-OH is 1. The smallest absolute Gasteiger partial charge is 0.252 e. The van der Waals surface area contributed by atoms with Crippen LogP contribution in [-0.4, -0.2) is 37.4 Å². The summed E-state index contributed by atoms with van der Waals surface area (Å²) in [5.41, 5.74) is 0.678. The van der Waals surface area contributed by atoms with Crippen molar-refractivity contribution in [2.45, 2.75) is 0 Å². The fourth-order valence-corrected chi connectivity index (χ4v) is 1.54. The summed E-state index contributed by atoms with van der Waals surface area (Å²) >= 11 is 1.49. The maximum atomic E-state index is 11.3. The molecule has 1 rings (SSSR count). The van der Waals surface area contributed by atoms with Gasteiger partial charge in [-0.05, 0) is 11.4 Å². The lowest BCUT2D eigenvalue weighted by molar-refractivity contribution is 0.0838. The minimum absolute atomic E-state index is 0.0124. The van der Waals surface area contributed by atoms with E-state index in [0.29, 0.717) is 25.3 Å². The molecule has 78 valence electrons. The molecule has 0 unspecified atom stereocenters. The predicted octanol–water partition coefficient (Wildman–Crippen LogP) is 0.487. The van der Waals surface area contributed by atoms with Crippen LogP contribution in [0.25, 0.3) is 0 Å². The van der Waals surface area contributed by atoms with Gasteiger partial charge in [-0.25, -0.2) is 0 Å². The first kappa shape index (κ1) is 11.2. The maximum Gasteiger partial charge on any atom is 0.252 e. The molecule has 4 nitrogen and oxygen atoms in total. The van der Waals surface area contributed by atoms with Crippen LogP contribution in [0, 0.1) is 0 Å². The standard InChI is InChI=1S/C9H13NO3S/c11-3-5-13-4-2-10-9(12)8-1-6-14-7-8/h1,6-7,11H,2-5H2,(H,10,12). The third-order valence-electron chi connectivity index (χ3n) is 1.55. The van der Waals surface area contributed by atoms with Gasteiger partial charge in [-0.2, -0.15) is 11.3 Å². The summed E-state index contributed by atoms with van der Waals surface area (Å²) in [6.45, 7) is 1.22. The van der Waals surface area contributed by atoms with E-state index in [1.165, 1.54) is 11.3 Å². The highest BCUT2D eigenvalue weighted by atomic mass is 32.1. The summed E-state index contributed by atoms with van der Waals surface area (Å²) in [4.78, 5) is 11.3. The molecule has 0 saturated carbocycles. The van der Waals surface area contributed by atoms with E-state index in [9.17, 15) is 4.79 Å². The van der Waals surface area contributed by atoms with Crippen molar-refractivity contribution < 1.29 is 14.6 Å². The first-order valence-corrected chi connectivity index (χ1v) is 5.28. The third-order valence-corrected chi connectivity index (χ3v) is 2.23. The molecule has 0 aromatic carbocycles. The molecular formula is C9H13NO3S. The third kappa shape index (κ3) is 3.87. The summed E-state index contributed by atoms with van der Waals surface area (Å²) in [5, 5.41) is 14.8. The van der Waals surface area contributed by atoms with E-state index in [1.807, 2.05) is 5.38 Å². The zero-order valence-electron chi connectivity index (χ0n) is 7.73. The molecule has 0 fully saturated rings. The van der Waals surface area contributed by atoms with Crippen molar-refractivity contribution >= 4 is 17.2 Å². The Bertz CT molecular complexity index is 261. The van der Waals surface area contributed by atoms with Gasteiger partial charge >= 0.3 is 0 Å². The van der Waals surface area contributed by atoms with Gasteiger partial charge in [-0.1, -0.05) is 0 Å². The van der Waals surface area contributed by atoms with E-state index in [2.05, 4.69) is 5.32 Å². The summed E-state index contributed by atoms with van der Waals surface area (Å²) in [6, 6.07) is 1.77. The quantitative estimate of drug-likeness (QED) is 0.679. The molecule has 0 aliphatic heterocycles. The molecule has 5 heteroatoms. The molecule has 1 aromatic rings. The molecule has 0 spiro atoms. The molecule has 0 radical (unpaired) electrons. The minimum atomic E-state index is -0.0844. The second kappa shape index (κ2) is 6.53. The van der Waals surface area contributed by atoms with E-state index in [0.717, 1.165) is 0 Å². The van der Waals surface area contributed by atoms with Gasteiger partial charge < -0.3 is 15.2 Å². The molecule has 0 bridgehead atoms. The molecule has 1 amide bonds. The molecule has 1 aromatic heterocycles. The highest BCUT2D eigenvalue weighted by Crippen LogP contribution is 2.04. The zero-order chi connectivity index (χ0) is 10.2. The van der Waals surface area contributed by atoms with Crippen molar-refractivity contribution in [3.8, 4) is 0 Å². The maximum absolute atomic E-state index is 11.3. The number of thiophene rings is 1. The highest BCUT2D eigenvalue weighted by molar-refractivity contribution is 7.08. The molecule has 1 heterocycles. The first-order chi connectivity index (χ1) is 6.84. The predicted molar refractivity (Wildman–Crippen MR) is 54.6 cm³/mol. The first-order valence-electron chi connectivity index (χ1n) is 4.33. The van der Waals surface area contributed by atoms with Crippen molar-refractivity contribution in [3.05, 3.63) is 22.4 Å². The number of rotatable bonds is 6. The van der Waals surface area contributed by atoms with Crippen LogP contribution in [0.4, 0.5) is 0 Å². The summed E-state index contributed by atoms with van der Waals surface area (Å²) in [5.74, 6) is -0.0844. The van der Waals surface area contributed by atoms with E-state index < -0.39 is 0 Å². The van der Waals surface area contributed by atoms with Crippen LogP contribution in [0.1, 0.15) is 10.4 Å². The van der Waals surface area contributed by atoms with Crippen molar-refractivity contribution in [3.63, 3.8) is 0 Å². The average molecular weight is 215 g/mol. The zero-order valence-corrected chi connectivity index (χ0v) is 8.55. The lowest BCUT2D eigenvalue weighted by Gasteiger charge is -2.03. The molecule has 0 aliphatic carbocycles. The van der Waals surface area contributed by atoms with Crippen LogP contribution < -0.4 is 5.32 Å². The van der Waals surface area contributed by atoms with Crippen LogP contribution in [-0.2, 0) is 4.74 Å². The average Bonchev–Trinajstić information content (AvgIpc) is 2.70. The van der Waals surface area contributed by atoms with Gasteiger partial charge in [-0.15, -0.1) is 0 Å². The van der Waals surface area contributed by atoms with Crippen molar-refractivity contribution in [1.82, 2.24) is 5.32 Å². The van der Waals surface area contributed by atoms with Crippen LogP contribution in [0.3, 0.4) is 0 Å². The second-order valence-corrected chi connectivity index (χ2v) is 3.38. The minimum Gasteiger partial charge on any atom is -0.394 e. The molecule has 0 atom stereocenters. The largest absolute Gasteiger partial charge is 0.394 e. The molecular weight excluding hydrogens is 202 g/mol. The van der Waals surface area contributed by atoms with Gasteiger partial charge in [0.15, 0.2) is 0 Å². The van der Waals surface area contributed by atoms with E-state index >= 15 is 0 Å². The monoisotopic (exact) mass is 215 g/mol. The van der Waals surface area contributed by atoms with Gasteiger partial charge in [0.2, 0.25) is 0 Å². The van der Waals surface area contributed by atoms with Gasteiger partial charge in [0.05, 0.1) is 19.8 Å². The van der Waals surface area contributed by atoms with Gasteiger partial charge in [0, 0.05) is 17.5 Å². The highest BCUT2D eigenvalue weighted by Gasteiger charge is 2.03. The lowest BCUT2D eigenvalue weighted by Crippen LogP contribution is -2.27. The number of carbonyl (C=O) groups excluding carboxylic acids is 1. The van der Waals surface area contributed by atoms with Crippen molar-refractivity contribution in [1.29, 1.82) is 0 Å². The number of aliphatic hydroxyl groups is 1. The Balaban J connectivity index is 2.10. The van der Waals surface area contributed by atoms with Crippen molar-refractivity contribution in [2.75, 3.05) is 26.4 Å². The van der Waals surface area contributed by atoms with Gasteiger partial charge in [0.25, 0.3) is 5.91 Å². The van der Waals surface area contributed by atoms with Crippen molar-refractivity contribution in [2.24, 2.45) is 0 Å². The summed E-state index contributed by atoms with van der Waals surface area (Å²) < 4.78 is 4.99. The molecule has 14 heavy (non-hydrogen) atoms. The number of nitrogens with one attached hydrogen (secondary N) is 1. The SMILES string of the molecule is O=C(NCCOCCO)c1ccsc1. The second-order valence-electron chi connectivity index (χ2n) is 2.60. The van der Waals surface area contributed by atoms with E-state index in [-0.39, 0.29) is 12.5 Å². The van der Waals surface area contributed by atoms with Crippen LogP contribution in [0.2, 0.25) is 0 Å². The Morgan fingerprint density at radius 3 is 3.07 bits per heavy atom. The van der Waals surface area contributed by atoms with E-state index in [4.69, 9.17) is 9.84 Å². The fraction of sp³-hybridized carbons (Fsp3) is 0.444. The lowest BCUT2D eigenvalue weighted by atomic mass is 10.3. The Hall–Kier alpha value is -0.910. The van der Waals surface area contributed by atoms with Crippen LogP contribution in [0.5, 0.6) is 0 Å². The fourth-order valence-electron chi connectivity index (χ4n) is 0.899. The Kier molecular flexibility index (Phi) is 5.21. The van der Waals surface area contributed by atoms with Crippen LogP contribution in [0.15, 0.2) is 16.8 Å². The Morgan fingerprint density at radius 1 is 1.57 bits per heavy atom. The Labute approximate surface area is 86.5 Å². The van der Waals surface area contributed by atoms with Gasteiger partial charge in [-0.3, -0.25) is 4.79 Å². The summed E-state index contributed by atoms with van der Waals surface area (Å²) in [6.07, 6.45) is 0. The number of hydrogen-bond donors (Lipinski definition) is 2. The number of ether oxygens (including phenoxy) is 1. The van der Waals surface area contributed by atoms with E-state index in [1.54, 1.807) is 11.4 Å². The summed E-state index contributed by atoms with van der Waals surface area (Å²) in [7, 11) is 0. The number of hydrogen-bond acceptors (Lipinski definition) is 4. The molecule has 0 saturated heterocycles. The van der Waals surface area contributed by atoms with Crippen LogP contribution >= 0.6 is 11.3 Å². The number of amides is 1. The van der Waals surface area contributed by atoms with Gasteiger partial charge in [0.1, 0.15) is 0 Å².